The van der Waals surface area contributed by atoms with Gasteiger partial charge in [-0.05, 0) is 43.5 Å². The lowest BCUT2D eigenvalue weighted by atomic mass is 10.1. The van der Waals surface area contributed by atoms with Gasteiger partial charge in [0.1, 0.15) is 5.82 Å². The van der Waals surface area contributed by atoms with Crippen LogP contribution < -0.4 is 10.2 Å². The average molecular weight is 491 g/mol. The van der Waals surface area contributed by atoms with E-state index in [0.717, 1.165) is 55.0 Å². The van der Waals surface area contributed by atoms with Crippen molar-refractivity contribution in [1.29, 1.82) is 0 Å². The Kier molecular flexibility index (Phi) is 10.3. The fraction of sp³-hybridized carbons (Fsp3) is 0.304. The van der Waals surface area contributed by atoms with Crippen molar-refractivity contribution in [3.63, 3.8) is 0 Å². The first kappa shape index (κ1) is 26.6. The third-order valence-electron chi connectivity index (χ3n) is 4.86. The maximum Gasteiger partial charge on any atom is 0.328 e. The van der Waals surface area contributed by atoms with Crippen molar-refractivity contribution in [3.8, 4) is 0 Å². The third-order valence-corrected chi connectivity index (χ3v) is 5.10. The van der Waals surface area contributed by atoms with Crippen LogP contribution in [0.5, 0.6) is 0 Å². The van der Waals surface area contributed by atoms with Gasteiger partial charge in [-0.1, -0.05) is 23.7 Å². The number of fused-ring (bicyclic) bond motifs is 2. The number of halogens is 1. The number of nitrogens with zero attached hydrogens (tertiary/aromatic N) is 3. The molecule has 1 aromatic heterocycles. The second-order valence-corrected chi connectivity index (χ2v) is 7.79. The molecule has 0 amide bonds. The lowest BCUT2D eigenvalue weighted by Gasteiger charge is -2.26. The van der Waals surface area contributed by atoms with Crippen LogP contribution in [0.4, 0.5) is 11.5 Å². The van der Waals surface area contributed by atoms with E-state index in [0.29, 0.717) is 18.7 Å². The van der Waals surface area contributed by atoms with Crippen molar-refractivity contribution in [2.45, 2.75) is 19.3 Å². The number of carbonyl (C=O) groups is 3. The largest absolute Gasteiger partial charge is 0.478 e. The zero-order valence-corrected chi connectivity index (χ0v) is 19.4. The molecule has 0 saturated carbocycles. The first-order chi connectivity index (χ1) is 16.2. The Hall–Kier alpha value is -3.63. The van der Waals surface area contributed by atoms with Crippen LogP contribution in [0.15, 0.2) is 48.7 Å². The molecule has 0 aliphatic carbocycles. The van der Waals surface area contributed by atoms with Crippen molar-refractivity contribution in [3.05, 3.63) is 64.8 Å². The average Bonchev–Trinajstić information content (AvgIpc) is 3.05. The summed E-state index contributed by atoms with van der Waals surface area (Å²) in [5.41, 5.74) is 3.69. The minimum Gasteiger partial charge on any atom is -0.478 e. The summed E-state index contributed by atoms with van der Waals surface area (Å²) in [5, 5.41) is 32.6. The Morgan fingerprint density at radius 2 is 1.71 bits per heavy atom. The first-order valence-electron chi connectivity index (χ1n) is 10.5. The van der Waals surface area contributed by atoms with Gasteiger partial charge in [-0.15, -0.1) is 0 Å². The fourth-order valence-corrected chi connectivity index (χ4v) is 3.63. The van der Waals surface area contributed by atoms with E-state index in [2.05, 4.69) is 21.4 Å². The molecule has 1 aliphatic rings. The van der Waals surface area contributed by atoms with E-state index in [9.17, 15) is 14.4 Å². The van der Waals surface area contributed by atoms with Crippen LogP contribution >= 0.6 is 11.6 Å². The Morgan fingerprint density at radius 3 is 2.35 bits per heavy atom. The molecule has 3 rings (SSSR count). The summed E-state index contributed by atoms with van der Waals surface area (Å²) in [4.78, 5) is 31.9. The van der Waals surface area contributed by atoms with Crippen LogP contribution in [0.2, 0.25) is 5.02 Å². The van der Waals surface area contributed by atoms with Gasteiger partial charge in [0.25, 0.3) is 0 Å². The molecule has 2 heterocycles. The monoisotopic (exact) mass is 490 g/mol. The van der Waals surface area contributed by atoms with Gasteiger partial charge >= 0.3 is 17.9 Å². The van der Waals surface area contributed by atoms with E-state index in [1.54, 1.807) is 6.08 Å². The van der Waals surface area contributed by atoms with Crippen molar-refractivity contribution in [1.82, 2.24) is 15.1 Å². The Bertz CT molecular complexity index is 1060. The van der Waals surface area contributed by atoms with E-state index in [1.165, 1.54) is 11.1 Å². The number of nitrogens with one attached hydrogen (secondary N) is 1. The van der Waals surface area contributed by atoms with E-state index in [1.807, 2.05) is 30.1 Å². The number of carboxylic acid groups (broad SMARTS) is 3. The van der Waals surface area contributed by atoms with Crippen LogP contribution in [0.1, 0.15) is 17.5 Å². The molecule has 0 bridgehead atoms. The third kappa shape index (κ3) is 8.38. The minimum absolute atomic E-state index is 0.547. The second kappa shape index (κ2) is 13.2. The number of carboxylic acids is 3. The van der Waals surface area contributed by atoms with Crippen LogP contribution in [-0.2, 0) is 34.3 Å². The van der Waals surface area contributed by atoms with Crippen molar-refractivity contribution >= 4 is 41.0 Å². The molecule has 0 radical (unpaired) electrons. The molecule has 34 heavy (non-hydrogen) atoms. The molecule has 1 aromatic carbocycles. The van der Waals surface area contributed by atoms with Crippen LogP contribution in [0, 0.1) is 0 Å². The predicted octanol–water partition coefficient (Wildman–Crippen LogP) is 2.64. The van der Waals surface area contributed by atoms with E-state index in [4.69, 9.17) is 26.9 Å². The maximum atomic E-state index is 10.5. The van der Waals surface area contributed by atoms with Crippen molar-refractivity contribution in [2.75, 3.05) is 24.5 Å². The fourth-order valence-electron chi connectivity index (χ4n) is 3.46. The highest BCUT2D eigenvalue weighted by Gasteiger charge is 2.23. The van der Waals surface area contributed by atoms with Gasteiger partial charge in [-0.25, -0.2) is 14.4 Å². The molecule has 11 heteroatoms. The van der Waals surface area contributed by atoms with Gasteiger partial charge in [-0.2, -0.15) is 5.10 Å². The summed E-state index contributed by atoms with van der Waals surface area (Å²) in [7, 11) is 1.97. The highest BCUT2D eigenvalue weighted by atomic mass is 35.5. The summed E-state index contributed by atoms with van der Waals surface area (Å²) >= 11 is 6.26. The zero-order valence-electron chi connectivity index (χ0n) is 18.6. The lowest BCUT2D eigenvalue weighted by molar-refractivity contribution is -0.134. The SMILES string of the molecule is Cn1ncc2c1N(CCCNC/C=C/C(=O)O)c1cc(Cl)ccc1CC2.O=C(O)/C=C\C(=O)O. The molecule has 4 N–H and O–H groups in total. The first-order valence-corrected chi connectivity index (χ1v) is 10.9. The molecule has 0 unspecified atom stereocenters. The van der Waals surface area contributed by atoms with E-state index in [-0.39, 0.29) is 0 Å². The quantitative estimate of drug-likeness (QED) is 0.308. The van der Waals surface area contributed by atoms with Crippen molar-refractivity contribution < 1.29 is 29.7 Å². The molecular weight excluding hydrogens is 464 g/mol. The standard InChI is InChI=1S/C19H23ClN4O2.C4H4O4/c1-23-19-15(13-22-23)6-5-14-7-8-16(20)12-17(14)24(19)11-3-10-21-9-2-4-18(25)26;5-3(6)1-2-4(7)8/h2,4,7-8,12-13,21H,3,5-6,9-11H2,1H3,(H,25,26);1-2H,(H,5,6)(H,7,8)/b4-2+;2-1-. The number of hydrogen-bond acceptors (Lipinski definition) is 6. The molecule has 182 valence electrons. The van der Waals surface area contributed by atoms with Gasteiger partial charge in [-0.3, -0.25) is 4.68 Å². The Morgan fingerprint density at radius 1 is 1.06 bits per heavy atom. The highest BCUT2D eigenvalue weighted by Crippen LogP contribution is 2.37. The van der Waals surface area contributed by atoms with Crippen molar-refractivity contribution in [2.24, 2.45) is 7.05 Å². The van der Waals surface area contributed by atoms with Crippen LogP contribution in [0.3, 0.4) is 0 Å². The number of benzene rings is 1. The van der Waals surface area contributed by atoms with Gasteiger partial charge in [0.2, 0.25) is 0 Å². The summed E-state index contributed by atoms with van der Waals surface area (Å²) in [6.45, 7) is 2.17. The highest BCUT2D eigenvalue weighted by molar-refractivity contribution is 6.30. The number of anilines is 2. The zero-order chi connectivity index (χ0) is 25.1. The smallest absolute Gasteiger partial charge is 0.328 e. The number of aromatic nitrogens is 2. The van der Waals surface area contributed by atoms with Gasteiger partial charge in [0.15, 0.2) is 0 Å². The topological polar surface area (TPSA) is 145 Å². The predicted molar refractivity (Wildman–Crippen MR) is 128 cm³/mol. The van der Waals surface area contributed by atoms with Gasteiger partial charge in [0.05, 0.1) is 6.20 Å². The van der Waals surface area contributed by atoms with Gasteiger partial charge in [0, 0.05) is 54.6 Å². The van der Waals surface area contributed by atoms with Crippen LogP contribution in [-0.4, -0.2) is 62.6 Å². The summed E-state index contributed by atoms with van der Waals surface area (Å²) in [6, 6.07) is 6.09. The molecule has 0 saturated heterocycles. The number of rotatable bonds is 9. The Labute approximate surface area is 201 Å². The van der Waals surface area contributed by atoms with E-state index >= 15 is 0 Å². The van der Waals surface area contributed by atoms with E-state index < -0.39 is 17.9 Å². The molecule has 1 aliphatic heterocycles. The second-order valence-electron chi connectivity index (χ2n) is 7.35. The molecule has 0 atom stereocenters. The van der Waals surface area contributed by atoms with Crippen LogP contribution in [0.25, 0.3) is 0 Å². The molecule has 10 nitrogen and oxygen atoms in total. The molecule has 0 spiro atoms. The lowest BCUT2D eigenvalue weighted by Crippen LogP contribution is -2.26. The molecular formula is C23H27ClN4O6. The summed E-state index contributed by atoms with van der Waals surface area (Å²) in [6.07, 6.45) is 8.68. The normalized spacial score (nSPS) is 12.6. The maximum absolute atomic E-state index is 10.5. The van der Waals surface area contributed by atoms with Gasteiger partial charge < -0.3 is 25.5 Å². The summed E-state index contributed by atoms with van der Waals surface area (Å²) < 4.78 is 1.92. The molecule has 0 fully saturated rings. The molecule has 2 aromatic rings. The number of aliphatic carboxylic acids is 3. The minimum atomic E-state index is -1.26. The number of aryl methyl sites for hydroxylation is 3. The number of hydrogen-bond donors (Lipinski definition) is 4. The summed E-state index contributed by atoms with van der Waals surface area (Å²) in [5.74, 6) is -2.31. The Balaban J connectivity index is 0.000000440.